The minimum absolute atomic E-state index is 0.0335. The average molecular weight is 381 g/mol. The molecule has 4 heterocycles. The van der Waals surface area contributed by atoms with E-state index in [0.717, 1.165) is 48.0 Å². The van der Waals surface area contributed by atoms with Gasteiger partial charge in [-0.15, -0.1) is 0 Å². The maximum atomic E-state index is 12.7. The number of anilines is 1. The van der Waals surface area contributed by atoms with Crippen molar-refractivity contribution in [2.75, 3.05) is 31.1 Å². The van der Waals surface area contributed by atoms with Crippen molar-refractivity contribution >= 4 is 23.0 Å². The summed E-state index contributed by atoms with van der Waals surface area (Å²) in [4.78, 5) is 15.2. The SMILES string of the molecule is O=c1cc(C2=CC=C(Cl)CN2)ccn1-c1ccc2c(c1)CCN2C1CNC1. The Morgan fingerprint density at radius 3 is 2.70 bits per heavy atom. The third-order valence-electron chi connectivity index (χ3n) is 5.58. The zero-order valence-electron chi connectivity index (χ0n) is 14.9. The van der Waals surface area contributed by atoms with Gasteiger partial charge >= 0.3 is 0 Å². The van der Waals surface area contributed by atoms with Gasteiger partial charge in [0.15, 0.2) is 0 Å². The highest BCUT2D eigenvalue weighted by atomic mass is 35.5. The molecule has 0 aliphatic carbocycles. The quantitative estimate of drug-likeness (QED) is 0.857. The number of hydrogen-bond donors (Lipinski definition) is 2. The normalized spacial score (nSPS) is 19.1. The highest BCUT2D eigenvalue weighted by Crippen LogP contribution is 2.32. The number of allylic oxidation sites excluding steroid dienone is 2. The second-order valence-corrected chi connectivity index (χ2v) is 7.73. The minimum atomic E-state index is -0.0335. The van der Waals surface area contributed by atoms with Gasteiger partial charge in [-0.1, -0.05) is 11.6 Å². The van der Waals surface area contributed by atoms with Crippen molar-refractivity contribution in [2.24, 2.45) is 0 Å². The van der Waals surface area contributed by atoms with E-state index in [4.69, 9.17) is 11.6 Å². The lowest BCUT2D eigenvalue weighted by Gasteiger charge is -2.37. The lowest BCUT2D eigenvalue weighted by atomic mass is 10.1. The highest BCUT2D eigenvalue weighted by molar-refractivity contribution is 6.30. The van der Waals surface area contributed by atoms with Gasteiger partial charge in [0, 0.05) is 59.6 Å². The molecule has 3 aliphatic heterocycles. The maximum Gasteiger partial charge on any atom is 0.255 e. The number of aromatic nitrogens is 1. The lowest BCUT2D eigenvalue weighted by molar-refractivity contribution is 0.420. The molecule has 1 saturated heterocycles. The van der Waals surface area contributed by atoms with Crippen LogP contribution in [0.1, 0.15) is 11.1 Å². The molecular weight excluding hydrogens is 360 g/mol. The van der Waals surface area contributed by atoms with Crippen molar-refractivity contribution in [3.63, 3.8) is 0 Å². The van der Waals surface area contributed by atoms with E-state index >= 15 is 0 Å². The van der Waals surface area contributed by atoms with E-state index in [0.29, 0.717) is 12.6 Å². The second-order valence-electron chi connectivity index (χ2n) is 7.24. The second kappa shape index (κ2) is 6.59. The first kappa shape index (κ1) is 16.7. The van der Waals surface area contributed by atoms with Crippen LogP contribution in [-0.4, -0.2) is 36.8 Å². The Morgan fingerprint density at radius 2 is 2.00 bits per heavy atom. The molecule has 0 bridgehead atoms. The van der Waals surface area contributed by atoms with Gasteiger partial charge in [-0.2, -0.15) is 0 Å². The van der Waals surface area contributed by atoms with Gasteiger partial charge in [-0.3, -0.25) is 9.36 Å². The number of hydrogen-bond acceptors (Lipinski definition) is 4. The van der Waals surface area contributed by atoms with Crippen LogP contribution in [0.15, 0.2) is 58.5 Å². The van der Waals surface area contributed by atoms with Crippen LogP contribution in [0, 0.1) is 0 Å². The van der Waals surface area contributed by atoms with Crippen molar-refractivity contribution in [2.45, 2.75) is 12.5 Å². The largest absolute Gasteiger partial charge is 0.380 e. The number of dihydropyridines is 1. The Kier molecular flexibility index (Phi) is 4.06. The summed E-state index contributed by atoms with van der Waals surface area (Å²) >= 11 is 5.98. The lowest BCUT2D eigenvalue weighted by Crippen LogP contribution is -2.56. The number of nitrogens with zero attached hydrogens (tertiary/aromatic N) is 2. The summed E-state index contributed by atoms with van der Waals surface area (Å²) in [5, 5.41) is 7.34. The smallest absolute Gasteiger partial charge is 0.255 e. The van der Waals surface area contributed by atoms with Crippen molar-refractivity contribution in [3.05, 3.63) is 75.2 Å². The predicted molar refractivity (Wildman–Crippen MR) is 110 cm³/mol. The van der Waals surface area contributed by atoms with Crippen LogP contribution >= 0.6 is 11.6 Å². The van der Waals surface area contributed by atoms with Gasteiger partial charge in [0.05, 0.1) is 12.6 Å². The first-order valence-electron chi connectivity index (χ1n) is 9.33. The summed E-state index contributed by atoms with van der Waals surface area (Å²) in [6, 6.07) is 10.6. The Labute approximate surface area is 162 Å². The van der Waals surface area contributed by atoms with E-state index in [2.05, 4.69) is 27.7 Å². The maximum absolute atomic E-state index is 12.7. The molecule has 1 fully saturated rings. The van der Waals surface area contributed by atoms with E-state index in [1.807, 2.05) is 30.5 Å². The fourth-order valence-electron chi connectivity index (χ4n) is 3.97. The van der Waals surface area contributed by atoms with E-state index in [1.165, 1.54) is 11.3 Å². The molecule has 0 radical (unpaired) electrons. The van der Waals surface area contributed by atoms with Crippen molar-refractivity contribution in [3.8, 4) is 5.69 Å². The van der Waals surface area contributed by atoms with Gasteiger partial charge in [0.1, 0.15) is 0 Å². The average Bonchev–Trinajstić information content (AvgIpc) is 3.04. The predicted octanol–water partition coefficient (Wildman–Crippen LogP) is 2.24. The molecule has 5 nitrogen and oxygen atoms in total. The van der Waals surface area contributed by atoms with Crippen molar-refractivity contribution < 1.29 is 0 Å². The van der Waals surface area contributed by atoms with Crippen LogP contribution in [0.25, 0.3) is 11.4 Å². The first-order chi connectivity index (χ1) is 13.2. The number of halogens is 1. The molecule has 0 amide bonds. The summed E-state index contributed by atoms with van der Waals surface area (Å²) in [6.07, 6.45) is 6.66. The number of nitrogens with one attached hydrogen (secondary N) is 2. The van der Waals surface area contributed by atoms with Crippen LogP contribution in [0.4, 0.5) is 5.69 Å². The number of pyridine rings is 1. The molecule has 2 N–H and O–H groups in total. The van der Waals surface area contributed by atoms with Crippen molar-refractivity contribution in [1.29, 1.82) is 0 Å². The van der Waals surface area contributed by atoms with Crippen LogP contribution in [-0.2, 0) is 6.42 Å². The Bertz CT molecular complexity index is 1020. The number of fused-ring (bicyclic) bond motifs is 1. The van der Waals surface area contributed by atoms with Crippen LogP contribution < -0.4 is 21.1 Å². The molecule has 0 unspecified atom stereocenters. The molecule has 1 aromatic heterocycles. The molecule has 0 saturated carbocycles. The molecular formula is C21H21ClN4O. The summed E-state index contributed by atoms with van der Waals surface area (Å²) < 4.78 is 1.71. The zero-order chi connectivity index (χ0) is 18.4. The van der Waals surface area contributed by atoms with Gasteiger partial charge in [0.2, 0.25) is 0 Å². The van der Waals surface area contributed by atoms with E-state index in [1.54, 1.807) is 10.6 Å². The van der Waals surface area contributed by atoms with E-state index in [9.17, 15) is 4.79 Å². The van der Waals surface area contributed by atoms with E-state index < -0.39 is 0 Å². The topological polar surface area (TPSA) is 49.3 Å². The van der Waals surface area contributed by atoms with Crippen molar-refractivity contribution in [1.82, 2.24) is 15.2 Å². The highest BCUT2D eigenvalue weighted by Gasteiger charge is 2.29. The van der Waals surface area contributed by atoms with Crippen LogP contribution in [0.3, 0.4) is 0 Å². The van der Waals surface area contributed by atoms with Crippen LogP contribution in [0.5, 0.6) is 0 Å². The third kappa shape index (κ3) is 2.97. The van der Waals surface area contributed by atoms with Gasteiger partial charge in [-0.05, 0) is 48.4 Å². The standard InChI is InChI=1S/C21H21ClN4O/c22-16-1-3-19(24-11-16)14-5-8-26(21(27)10-14)17-2-4-20-15(9-17)6-7-25(20)18-12-23-13-18/h1-5,8-10,18,23-24H,6-7,11-13H2. The Hall–Kier alpha value is -2.50. The van der Waals surface area contributed by atoms with Gasteiger partial charge in [0.25, 0.3) is 5.56 Å². The van der Waals surface area contributed by atoms with E-state index in [-0.39, 0.29) is 5.56 Å². The molecule has 0 atom stereocenters. The fraction of sp³-hybridized carbons (Fsp3) is 0.286. The zero-order valence-corrected chi connectivity index (χ0v) is 15.7. The molecule has 27 heavy (non-hydrogen) atoms. The summed E-state index contributed by atoms with van der Waals surface area (Å²) in [7, 11) is 0. The van der Waals surface area contributed by atoms with Crippen LogP contribution in [0.2, 0.25) is 0 Å². The molecule has 5 rings (SSSR count). The number of benzene rings is 1. The minimum Gasteiger partial charge on any atom is -0.380 e. The number of rotatable bonds is 3. The monoisotopic (exact) mass is 380 g/mol. The molecule has 1 aromatic carbocycles. The molecule has 0 spiro atoms. The van der Waals surface area contributed by atoms with Gasteiger partial charge < -0.3 is 15.5 Å². The summed E-state index contributed by atoms with van der Waals surface area (Å²) in [5.74, 6) is 0. The Morgan fingerprint density at radius 1 is 1.11 bits per heavy atom. The molecule has 6 heteroatoms. The summed E-state index contributed by atoms with van der Waals surface area (Å²) in [5.41, 5.74) is 5.33. The van der Waals surface area contributed by atoms with Gasteiger partial charge in [-0.25, -0.2) is 0 Å². The Balaban J connectivity index is 1.45. The first-order valence-corrected chi connectivity index (χ1v) is 9.71. The third-order valence-corrected chi connectivity index (χ3v) is 5.84. The molecule has 2 aromatic rings. The molecule has 138 valence electrons. The summed E-state index contributed by atoms with van der Waals surface area (Å²) in [6.45, 7) is 3.78. The molecule has 3 aliphatic rings. The fourth-order valence-corrected chi connectivity index (χ4v) is 4.10.